The topological polar surface area (TPSA) is 39.4 Å². The van der Waals surface area contributed by atoms with Gasteiger partial charge in [-0.1, -0.05) is 23.7 Å². The summed E-state index contributed by atoms with van der Waals surface area (Å²) in [6.45, 7) is 0.139. The molecule has 106 valence electrons. The quantitative estimate of drug-likeness (QED) is 0.634. The van der Waals surface area contributed by atoms with Crippen molar-refractivity contribution in [3.63, 3.8) is 0 Å². The normalized spacial score (nSPS) is 10.5. The number of rotatable bonds is 4. The fourth-order valence-electron chi connectivity index (χ4n) is 1.82. The van der Waals surface area contributed by atoms with Crippen molar-refractivity contribution in [1.82, 2.24) is 0 Å². The first-order valence-electron chi connectivity index (χ1n) is 6.27. The van der Waals surface area contributed by atoms with Crippen LogP contribution in [-0.4, -0.2) is 5.97 Å². The van der Waals surface area contributed by atoms with Gasteiger partial charge in [-0.15, -0.1) is 11.3 Å². The van der Waals surface area contributed by atoms with Crippen LogP contribution in [0.5, 0.6) is 0 Å². The molecule has 0 saturated carbocycles. The number of hydrogen-bond acceptors (Lipinski definition) is 4. The average Bonchev–Trinajstić information content (AvgIpc) is 3.17. The zero-order valence-electron chi connectivity index (χ0n) is 10.9. The maximum absolute atomic E-state index is 12.0. The summed E-state index contributed by atoms with van der Waals surface area (Å²) >= 11 is 7.25. The Morgan fingerprint density at radius 2 is 1.95 bits per heavy atom. The first-order valence-corrected chi connectivity index (χ1v) is 7.47. The van der Waals surface area contributed by atoms with Gasteiger partial charge in [-0.2, -0.15) is 0 Å². The second-order valence-electron chi connectivity index (χ2n) is 4.33. The third-order valence-electron chi connectivity index (χ3n) is 2.86. The minimum atomic E-state index is -0.350. The van der Waals surface area contributed by atoms with Crippen molar-refractivity contribution in [2.45, 2.75) is 6.61 Å². The zero-order valence-corrected chi connectivity index (χ0v) is 12.5. The molecule has 2 aromatic heterocycles. The van der Waals surface area contributed by atoms with Crippen molar-refractivity contribution in [2.24, 2.45) is 0 Å². The molecule has 5 heteroatoms. The monoisotopic (exact) mass is 318 g/mol. The SMILES string of the molecule is O=C(OCc1ccco1)c1ccc(-c2ccc(Cl)cc2)s1. The fraction of sp³-hybridized carbons (Fsp3) is 0.0625. The van der Waals surface area contributed by atoms with Crippen molar-refractivity contribution >= 4 is 28.9 Å². The summed E-state index contributed by atoms with van der Waals surface area (Å²) in [5.41, 5.74) is 1.02. The van der Waals surface area contributed by atoms with E-state index in [0.29, 0.717) is 15.7 Å². The van der Waals surface area contributed by atoms with Gasteiger partial charge in [0, 0.05) is 9.90 Å². The van der Waals surface area contributed by atoms with E-state index in [1.165, 1.54) is 11.3 Å². The molecular weight excluding hydrogens is 308 g/mol. The predicted molar refractivity (Wildman–Crippen MR) is 82.6 cm³/mol. The van der Waals surface area contributed by atoms with Crippen LogP contribution >= 0.6 is 22.9 Å². The molecule has 0 spiro atoms. The molecule has 2 heterocycles. The molecule has 0 N–H and O–H groups in total. The van der Waals surface area contributed by atoms with Crippen LogP contribution in [0.1, 0.15) is 15.4 Å². The smallest absolute Gasteiger partial charge is 0.348 e. The third kappa shape index (κ3) is 3.35. The Kier molecular flexibility index (Phi) is 4.08. The number of thiophene rings is 1. The van der Waals surface area contributed by atoms with E-state index < -0.39 is 0 Å². The van der Waals surface area contributed by atoms with Crippen LogP contribution in [0.15, 0.2) is 59.2 Å². The fourth-order valence-corrected chi connectivity index (χ4v) is 2.85. The number of carbonyl (C=O) groups is 1. The van der Waals surface area contributed by atoms with E-state index in [4.69, 9.17) is 20.8 Å². The molecule has 3 nitrogen and oxygen atoms in total. The average molecular weight is 319 g/mol. The Balaban J connectivity index is 1.69. The number of ether oxygens (including phenoxy) is 1. The first-order chi connectivity index (χ1) is 10.2. The summed E-state index contributed by atoms with van der Waals surface area (Å²) in [6, 6.07) is 14.7. The van der Waals surface area contributed by atoms with Crippen molar-refractivity contribution in [1.29, 1.82) is 0 Å². The van der Waals surface area contributed by atoms with Gasteiger partial charge in [0.1, 0.15) is 17.2 Å². The van der Waals surface area contributed by atoms with E-state index in [9.17, 15) is 4.79 Å². The van der Waals surface area contributed by atoms with Gasteiger partial charge in [0.2, 0.25) is 0 Å². The number of esters is 1. The van der Waals surface area contributed by atoms with Crippen LogP contribution in [0.25, 0.3) is 10.4 Å². The second kappa shape index (κ2) is 6.16. The second-order valence-corrected chi connectivity index (χ2v) is 5.85. The number of furan rings is 1. The molecule has 1 aromatic carbocycles. The Morgan fingerprint density at radius 3 is 2.67 bits per heavy atom. The summed E-state index contributed by atoms with van der Waals surface area (Å²) in [7, 11) is 0. The number of benzene rings is 1. The molecular formula is C16H11ClO3S. The number of hydrogen-bond donors (Lipinski definition) is 0. The van der Waals surface area contributed by atoms with Crippen molar-refractivity contribution < 1.29 is 13.9 Å². The van der Waals surface area contributed by atoms with E-state index in [1.807, 2.05) is 30.3 Å². The van der Waals surface area contributed by atoms with E-state index >= 15 is 0 Å². The lowest BCUT2D eigenvalue weighted by Crippen LogP contribution is -2.02. The number of halogens is 1. The molecule has 0 unspecified atom stereocenters. The van der Waals surface area contributed by atoms with Gasteiger partial charge in [0.05, 0.1) is 6.26 Å². The summed E-state index contributed by atoms with van der Waals surface area (Å²) in [5.74, 6) is 0.273. The highest BCUT2D eigenvalue weighted by molar-refractivity contribution is 7.17. The molecule has 0 aliphatic carbocycles. The maximum Gasteiger partial charge on any atom is 0.348 e. The minimum Gasteiger partial charge on any atom is -0.466 e. The van der Waals surface area contributed by atoms with E-state index in [2.05, 4.69) is 0 Å². The van der Waals surface area contributed by atoms with E-state index in [-0.39, 0.29) is 12.6 Å². The van der Waals surface area contributed by atoms with Gasteiger partial charge in [0.25, 0.3) is 0 Å². The molecule has 0 radical (unpaired) electrons. The molecule has 0 saturated heterocycles. The molecule has 0 aliphatic rings. The molecule has 0 bridgehead atoms. The van der Waals surface area contributed by atoms with Gasteiger partial charge < -0.3 is 9.15 Å². The van der Waals surface area contributed by atoms with E-state index in [1.54, 1.807) is 24.5 Å². The van der Waals surface area contributed by atoms with Crippen molar-refractivity contribution in [3.8, 4) is 10.4 Å². The Labute approximate surface area is 130 Å². The summed E-state index contributed by atoms with van der Waals surface area (Å²) < 4.78 is 10.3. The Bertz CT molecular complexity index is 729. The molecule has 0 aliphatic heterocycles. The first kappa shape index (κ1) is 13.9. The van der Waals surface area contributed by atoms with E-state index in [0.717, 1.165) is 10.4 Å². The zero-order chi connectivity index (χ0) is 14.7. The summed E-state index contributed by atoms with van der Waals surface area (Å²) in [4.78, 5) is 13.5. The number of carbonyl (C=O) groups excluding carboxylic acids is 1. The van der Waals surface area contributed by atoms with Crippen molar-refractivity contribution in [3.05, 3.63) is 70.5 Å². The highest BCUT2D eigenvalue weighted by atomic mass is 35.5. The summed E-state index contributed by atoms with van der Waals surface area (Å²) in [6.07, 6.45) is 1.55. The minimum absolute atomic E-state index is 0.139. The largest absolute Gasteiger partial charge is 0.466 e. The Hall–Kier alpha value is -2.04. The van der Waals surface area contributed by atoms with Crippen LogP contribution in [0.4, 0.5) is 0 Å². The maximum atomic E-state index is 12.0. The standard InChI is InChI=1S/C16H11ClO3S/c17-12-5-3-11(4-6-12)14-7-8-15(21-14)16(18)20-10-13-2-1-9-19-13/h1-9H,10H2. The molecule has 21 heavy (non-hydrogen) atoms. The third-order valence-corrected chi connectivity index (χ3v) is 4.23. The lowest BCUT2D eigenvalue weighted by atomic mass is 10.2. The summed E-state index contributed by atoms with van der Waals surface area (Å²) in [5, 5.41) is 0.688. The predicted octanol–water partition coefficient (Wildman–Crippen LogP) is 5.02. The highest BCUT2D eigenvalue weighted by Gasteiger charge is 2.12. The van der Waals surface area contributed by atoms with Crippen LogP contribution in [-0.2, 0) is 11.3 Å². The van der Waals surface area contributed by atoms with Crippen LogP contribution < -0.4 is 0 Å². The van der Waals surface area contributed by atoms with Crippen molar-refractivity contribution in [2.75, 3.05) is 0 Å². The van der Waals surface area contributed by atoms with Crippen LogP contribution in [0, 0.1) is 0 Å². The van der Waals surface area contributed by atoms with Gasteiger partial charge in [0.15, 0.2) is 0 Å². The molecule has 0 atom stereocenters. The molecule has 3 rings (SSSR count). The lowest BCUT2D eigenvalue weighted by Gasteiger charge is -2.00. The van der Waals surface area contributed by atoms with Crippen LogP contribution in [0.3, 0.4) is 0 Å². The molecule has 0 fully saturated rings. The van der Waals surface area contributed by atoms with Gasteiger partial charge >= 0.3 is 5.97 Å². The lowest BCUT2D eigenvalue weighted by molar-refractivity contribution is 0.0451. The van der Waals surface area contributed by atoms with Crippen LogP contribution in [0.2, 0.25) is 5.02 Å². The van der Waals surface area contributed by atoms with Gasteiger partial charge in [-0.05, 0) is 42.0 Å². The van der Waals surface area contributed by atoms with Gasteiger partial charge in [-0.3, -0.25) is 0 Å². The molecule has 3 aromatic rings. The molecule has 0 amide bonds. The highest BCUT2D eigenvalue weighted by Crippen LogP contribution is 2.29. The Morgan fingerprint density at radius 1 is 1.14 bits per heavy atom. The van der Waals surface area contributed by atoms with Gasteiger partial charge in [-0.25, -0.2) is 4.79 Å².